The maximum Gasteiger partial charge on any atom is 0.239 e. The molecule has 100 valence electrons. The van der Waals surface area contributed by atoms with E-state index in [-0.39, 0.29) is 18.6 Å². The Hall–Kier alpha value is -0.810. The molecule has 2 atom stereocenters. The molecule has 3 N–H and O–H groups in total. The molecule has 0 heterocycles. The van der Waals surface area contributed by atoms with Crippen molar-refractivity contribution in [3.8, 4) is 0 Å². The Morgan fingerprint density at radius 3 is 2.78 bits per heavy atom. The quantitative estimate of drug-likeness (QED) is 0.873. The van der Waals surface area contributed by atoms with Gasteiger partial charge in [-0.15, -0.1) is 0 Å². The maximum absolute atomic E-state index is 11.7. The number of amides is 1. The number of ether oxygens (including phenoxy) is 1. The minimum atomic E-state index is -0.699. The fraction of sp³-hybridized carbons (Fsp3) is 0.417. The third-order valence-corrected chi connectivity index (χ3v) is 3.05. The van der Waals surface area contributed by atoms with Crippen LogP contribution in [0.4, 0.5) is 0 Å². The first-order chi connectivity index (χ1) is 8.45. The van der Waals surface area contributed by atoms with Crippen molar-refractivity contribution in [1.82, 2.24) is 5.32 Å². The Morgan fingerprint density at radius 1 is 1.50 bits per heavy atom. The molecule has 6 heteroatoms. The van der Waals surface area contributed by atoms with Gasteiger partial charge in [0.25, 0.3) is 0 Å². The zero-order valence-electron chi connectivity index (χ0n) is 10.2. The number of benzene rings is 1. The summed E-state index contributed by atoms with van der Waals surface area (Å²) in [6, 6.07) is 4.13. The zero-order valence-corrected chi connectivity index (χ0v) is 11.8. The van der Waals surface area contributed by atoms with Crippen molar-refractivity contribution in [1.29, 1.82) is 0 Å². The van der Waals surface area contributed by atoms with Gasteiger partial charge in [0.1, 0.15) is 6.04 Å². The molecule has 0 aliphatic carbocycles. The van der Waals surface area contributed by atoms with Gasteiger partial charge in [-0.1, -0.05) is 23.2 Å². The molecule has 0 aliphatic rings. The number of methoxy groups -OCH3 is 1. The summed E-state index contributed by atoms with van der Waals surface area (Å²) >= 11 is 11.9. The summed E-state index contributed by atoms with van der Waals surface area (Å²) in [7, 11) is 1.49. The smallest absolute Gasteiger partial charge is 0.239 e. The first-order valence-corrected chi connectivity index (χ1v) is 6.21. The third kappa shape index (κ3) is 4.14. The van der Waals surface area contributed by atoms with Gasteiger partial charge in [-0.05, 0) is 30.7 Å². The third-order valence-electron chi connectivity index (χ3n) is 2.47. The predicted molar refractivity (Wildman–Crippen MR) is 72.9 cm³/mol. The number of hydrogen-bond donors (Lipinski definition) is 2. The molecule has 0 saturated carbocycles. The Bertz CT molecular complexity index is 427. The SMILES string of the molecule is COCC(N)C(=O)NC(C)c1cc(Cl)ccc1Cl. The Kier molecular flexibility index (Phi) is 5.88. The van der Waals surface area contributed by atoms with E-state index in [4.69, 9.17) is 33.7 Å². The molecular formula is C12H16Cl2N2O2. The first kappa shape index (κ1) is 15.2. The zero-order chi connectivity index (χ0) is 13.7. The molecule has 1 aromatic carbocycles. The largest absolute Gasteiger partial charge is 0.383 e. The molecule has 0 aromatic heterocycles. The molecule has 0 spiro atoms. The number of nitrogens with two attached hydrogens (primary N) is 1. The normalized spacial score (nSPS) is 14.1. The monoisotopic (exact) mass is 290 g/mol. The fourth-order valence-electron chi connectivity index (χ4n) is 1.50. The van der Waals surface area contributed by atoms with E-state index < -0.39 is 6.04 Å². The van der Waals surface area contributed by atoms with E-state index in [0.717, 1.165) is 5.56 Å². The summed E-state index contributed by atoms with van der Waals surface area (Å²) in [4.78, 5) is 11.7. The second-order valence-electron chi connectivity index (χ2n) is 3.96. The van der Waals surface area contributed by atoms with Crippen molar-refractivity contribution in [3.05, 3.63) is 33.8 Å². The van der Waals surface area contributed by atoms with Gasteiger partial charge in [-0.25, -0.2) is 0 Å². The summed E-state index contributed by atoms with van der Waals surface area (Å²) in [6.07, 6.45) is 0. The van der Waals surface area contributed by atoms with Crippen LogP contribution in [-0.2, 0) is 9.53 Å². The van der Waals surface area contributed by atoms with E-state index in [2.05, 4.69) is 5.32 Å². The van der Waals surface area contributed by atoms with Crippen molar-refractivity contribution in [2.75, 3.05) is 13.7 Å². The molecule has 1 amide bonds. The highest BCUT2D eigenvalue weighted by molar-refractivity contribution is 6.33. The maximum atomic E-state index is 11.7. The lowest BCUT2D eigenvalue weighted by Gasteiger charge is -2.18. The minimum absolute atomic E-state index is 0.168. The number of hydrogen-bond acceptors (Lipinski definition) is 3. The van der Waals surface area contributed by atoms with E-state index in [1.165, 1.54) is 7.11 Å². The summed E-state index contributed by atoms with van der Waals surface area (Å²) in [5.41, 5.74) is 6.38. The lowest BCUT2D eigenvalue weighted by Crippen LogP contribution is -2.44. The van der Waals surface area contributed by atoms with Crippen LogP contribution in [0.1, 0.15) is 18.5 Å². The van der Waals surface area contributed by atoms with E-state index in [0.29, 0.717) is 10.0 Å². The van der Waals surface area contributed by atoms with Crippen LogP contribution in [0.3, 0.4) is 0 Å². The van der Waals surface area contributed by atoms with Gasteiger partial charge in [0, 0.05) is 17.2 Å². The number of carbonyl (C=O) groups is 1. The van der Waals surface area contributed by atoms with E-state index in [1.807, 2.05) is 6.92 Å². The molecule has 0 radical (unpaired) electrons. The van der Waals surface area contributed by atoms with Crippen LogP contribution in [0.15, 0.2) is 18.2 Å². The summed E-state index contributed by atoms with van der Waals surface area (Å²) < 4.78 is 4.82. The van der Waals surface area contributed by atoms with Crippen molar-refractivity contribution in [2.45, 2.75) is 19.0 Å². The number of halogens is 2. The van der Waals surface area contributed by atoms with Crippen LogP contribution in [0.5, 0.6) is 0 Å². The molecule has 0 fully saturated rings. The Labute approximate surface area is 116 Å². The highest BCUT2D eigenvalue weighted by atomic mass is 35.5. The van der Waals surface area contributed by atoms with Gasteiger partial charge in [0.05, 0.1) is 12.6 Å². The highest BCUT2D eigenvalue weighted by Crippen LogP contribution is 2.26. The molecule has 4 nitrogen and oxygen atoms in total. The van der Waals surface area contributed by atoms with Crippen LogP contribution >= 0.6 is 23.2 Å². The van der Waals surface area contributed by atoms with Gasteiger partial charge in [0.2, 0.25) is 5.91 Å². The Balaban J connectivity index is 2.73. The molecule has 0 aliphatic heterocycles. The van der Waals surface area contributed by atoms with E-state index in [1.54, 1.807) is 18.2 Å². The van der Waals surface area contributed by atoms with Crippen LogP contribution < -0.4 is 11.1 Å². The minimum Gasteiger partial charge on any atom is -0.383 e. The van der Waals surface area contributed by atoms with E-state index >= 15 is 0 Å². The number of carbonyl (C=O) groups excluding carboxylic acids is 1. The summed E-state index contributed by atoms with van der Waals surface area (Å²) in [5, 5.41) is 3.88. The van der Waals surface area contributed by atoms with Crippen molar-refractivity contribution < 1.29 is 9.53 Å². The van der Waals surface area contributed by atoms with Gasteiger partial charge in [0.15, 0.2) is 0 Å². The van der Waals surface area contributed by atoms with E-state index in [9.17, 15) is 4.79 Å². The molecule has 0 bridgehead atoms. The predicted octanol–water partition coefficient (Wildman–Crippen LogP) is 2.14. The molecular weight excluding hydrogens is 275 g/mol. The number of nitrogens with one attached hydrogen (secondary N) is 1. The second kappa shape index (κ2) is 6.95. The average Bonchev–Trinajstić information content (AvgIpc) is 2.32. The first-order valence-electron chi connectivity index (χ1n) is 5.45. The molecule has 1 rings (SSSR count). The molecule has 18 heavy (non-hydrogen) atoms. The van der Waals surface area contributed by atoms with Gasteiger partial charge in [-0.3, -0.25) is 4.79 Å². The second-order valence-corrected chi connectivity index (χ2v) is 4.80. The summed E-state index contributed by atoms with van der Waals surface area (Å²) in [5.74, 6) is -0.291. The van der Waals surface area contributed by atoms with Gasteiger partial charge >= 0.3 is 0 Å². The van der Waals surface area contributed by atoms with Crippen molar-refractivity contribution in [3.63, 3.8) is 0 Å². The van der Waals surface area contributed by atoms with Crippen LogP contribution in [-0.4, -0.2) is 25.7 Å². The standard InChI is InChI=1S/C12H16Cl2N2O2/c1-7(16-12(17)11(15)6-18-2)9-5-8(13)3-4-10(9)14/h3-5,7,11H,6,15H2,1-2H3,(H,16,17). The lowest BCUT2D eigenvalue weighted by atomic mass is 10.1. The topological polar surface area (TPSA) is 64.3 Å². The fourth-order valence-corrected chi connectivity index (χ4v) is 1.96. The highest BCUT2D eigenvalue weighted by Gasteiger charge is 2.18. The van der Waals surface area contributed by atoms with Crippen molar-refractivity contribution in [2.24, 2.45) is 5.73 Å². The molecule has 1 aromatic rings. The number of rotatable bonds is 5. The van der Waals surface area contributed by atoms with Crippen LogP contribution in [0, 0.1) is 0 Å². The molecule has 0 saturated heterocycles. The molecule has 2 unspecified atom stereocenters. The Morgan fingerprint density at radius 2 is 2.17 bits per heavy atom. The van der Waals surface area contributed by atoms with Gasteiger partial charge in [-0.2, -0.15) is 0 Å². The lowest BCUT2D eigenvalue weighted by molar-refractivity contribution is -0.124. The van der Waals surface area contributed by atoms with Gasteiger partial charge < -0.3 is 15.8 Å². The summed E-state index contributed by atoms with van der Waals surface area (Å²) in [6.45, 7) is 1.98. The van der Waals surface area contributed by atoms with Crippen LogP contribution in [0.25, 0.3) is 0 Å². The van der Waals surface area contributed by atoms with Crippen molar-refractivity contribution >= 4 is 29.1 Å². The van der Waals surface area contributed by atoms with Crippen LogP contribution in [0.2, 0.25) is 10.0 Å². The average molecular weight is 291 g/mol.